The molecule has 3 rings (SSSR count). The maximum atomic E-state index is 13.9. The van der Waals surface area contributed by atoms with Crippen molar-refractivity contribution in [2.24, 2.45) is 4.99 Å². The number of aliphatic hydroxyl groups excluding tert-OH is 1. The first-order valence-electron chi connectivity index (χ1n) is 13.5. The molecule has 2 N–H and O–H groups in total. The topological polar surface area (TPSA) is 132 Å². The molecule has 0 aliphatic rings. The molecule has 0 atom stereocenters. The highest BCUT2D eigenvalue weighted by Crippen LogP contribution is 2.27. The van der Waals surface area contributed by atoms with Gasteiger partial charge in [0.15, 0.2) is 23.3 Å². The van der Waals surface area contributed by atoms with Gasteiger partial charge in [0.05, 0.1) is 30.9 Å². The van der Waals surface area contributed by atoms with Crippen LogP contribution in [0.5, 0.6) is 5.75 Å². The second kappa shape index (κ2) is 17.8. The van der Waals surface area contributed by atoms with E-state index in [0.717, 1.165) is 12.5 Å². The molecule has 0 aliphatic heterocycles. The number of phenolic OH excluding ortho intramolecular Hbond substituents is 1. The van der Waals surface area contributed by atoms with Crippen LogP contribution in [-0.4, -0.2) is 54.0 Å². The van der Waals surface area contributed by atoms with Crippen LogP contribution in [0, 0.1) is 34.9 Å². The number of carbonyl (C=O) groups excluding carboxylic acids is 3. The van der Waals surface area contributed by atoms with Crippen LogP contribution in [0.15, 0.2) is 70.9 Å². The summed E-state index contributed by atoms with van der Waals surface area (Å²) in [5, 5.41) is 19.9. The fourth-order valence-electron chi connectivity index (χ4n) is 3.44. The van der Waals surface area contributed by atoms with Crippen LogP contribution >= 0.6 is 0 Å². The van der Waals surface area contributed by atoms with E-state index in [4.69, 9.17) is 9.47 Å². The zero-order valence-electron chi connectivity index (χ0n) is 25.0. The molecule has 9 nitrogen and oxygen atoms in total. The zero-order chi connectivity index (χ0) is 35.3. The number of hydrogen-bond acceptors (Lipinski definition) is 9. The molecule has 47 heavy (non-hydrogen) atoms. The Morgan fingerprint density at radius 3 is 1.85 bits per heavy atom. The summed E-state index contributed by atoms with van der Waals surface area (Å²) in [6.07, 6.45) is 1.59. The number of halogens is 6. The van der Waals surface area contributed by atoms with Gasteiger partial charge in [0.1, 0.15) is 46.2 Å². The first-order chi connectivity index (χ1) is 22.3. The number of aliphatic imine (C=N–C) groups is 1. The Hall–Kier alpha value is -5.60. The molecule has 0 unspecified atom stereocenters. The number of rotatable bonds is 11. The Kier molecular flexibility index (Phi) is 14.2. The van der Waals surface area contributed by atoms with Gasteiger partial charge in [-0.05, 0) is 45.0 Å². The number of ketones is 1. The number of ether oxygens (including phenoxy) is 3. The van der Waals surface area contributed by atoms with E-state index in [2.05, 4.69) is 9.73 Å². The van der Waals surface area contributed by atoms with Gasteiger partial charge in [0.2, 0.25) is 5.78 Å². The lowest BCUT2D eigenvalue weighted by Crippen LogP contribution is -2.18. The molecule has 0 saturated heterocycles. The Morgan fingerprint density at radius 1 is 0.766 bits per heavy atom. The molecule has 250 valence electrons. The van der Waals surface area contributed by atoms with E-state index < -0.39 is 80.7 Å². The van der Waals surface area contributed by atoms with Crippen molar-refractivity contribution in [3.8, 4) is 5.75 Å². The third-order valence-electron chi connectivity index (χ3n) is 5.56. The maximum Gasteiger partial charge on any atom is 0.345 e. The van der Waals surface area contributed by atoms with E-state index >= 15 is 0 Å². The number of carbonyl (C=O) groups is 3. The summed E-state index contributed by atoms with van der Waals surface area (Å²) in [7, 11) is 0. The van der Waals surface area contributed by atoms with Gasteiger partial charge in [-0.1, -0.05) is 12.1 Å². The minimum atomic E-state index is -1.55. The van der Waals surface area contributed by atoms with E-state index in [1.807, 2.05) is 0 Å². The summed E-state index contributed by atoms with van der Waals surface area (Å²) in [5.74, 6) is -13.1. The minimum Gasteiger partial charge on any atom is -0.506 e. The number of para-hydroxylation sites is 2. The fraction of sp³-hybridized carbons (Fsp3) is 0.188. The molecule has 0 radical (unpaired) electrons. The van der Waals surface area contributed by atoms with E-state index in [1.165, 1.54) is 26.0 Å². The Labute approximate surface area is 264 Å². The van der Waals surface area contributed by atoms with Crippen molar-refractivity contribution in [2.75, 3.05) is 19.8 Å². The summed E-state index contributed by atoms with van der Waals surface area (Å²) in [6.45, 7) is 4.62. The smallest absolute Gasteiger partial charge is 0.345 e. The second-order valence-corrected chi connectivity index (χ2v) is 8.76. The molecule has 15 heteroatoms. The average Bonchev–Trinajstić information content (AvgIpc) is 3.02. The van der Waals surface area contributed by atoms with Crippen LogP contribution in [0.1, 0.15) is 36.7 Å². The lowest BCUT2D eigenvalue weighted by Gasteiger charge is -2.08. The number of benzene rings is 3. The highest BCUT2D eigenvalue weighted by Gasteiger charge is 2.27. The van der Waals surface area contributed by atoms with Gasteiger partial charge < -0.3 is 24.4 Å². The number of Topliss-reactive ketones (excluding diaryl/α,β-unsaturated/α-hetero) is 1. The summed E-state index contributed by atoms with van der Waals surface area (Å²) in [6, 6.07) is 7.46. The van der Waals surface area contributed by atoms with Gasteiger partial charge in [0.25, 0.3) is 0 Å². The van der Waals surface area contributed by atoms with Gasteiger partial charge in [-0.2, -0.15) is 0 Å². The Morgan fingerprint density at radius 2 is 1.30 bits per heavy atom. The number of nitrogens with zero attached hydrogens (tertiary/aromatic N) is 1. The number of esters is 2. The van der Waals surface area contributed by atoms with Crippen LogP contribution in [-0.2, 0) is 23.8 Å². The normalized spacial score (nSPS) is 11.7. The molecular formula is C32H27F6NO8. The van der Waals surface area contributed by atoms with Crippen molar-refractivity contribution in [3.05, 3.63) is 112 Å². The molecular weight excluding hydrogens is 640 g/mol. The highest BCUT2D eigenvalue weighted by molar-refractivity contribution is 6.24. The molecule has 0 aromatic heterocycles. The first kappa shape index (κ1) is 37.6. The van der Waals surface area contributed by atoms with Crippen molar-refractivity contribution in [3.63, 3.8) is 0 Å². The van der Waals surface area contributed by atoms with E-state index in [0.29, 0.717) is 24.3 Å². The largest absolute Gasteiger partial charge is 0.506 e. The second-order valence-electron chi connectivity index (χ2n) is 8.76. The SMILES string of the molecule is CCO/C=C(\C(=O)OCC)C(=O)c1cc(F)cc(F)c1F.CCOC(=O)C(C=Nc1ccccc1O)=C(O)c1cc(F)cc(F)c1F. The lowest BCUT2D eigenvalue weighted by atomic mass is 10.0. The first-order valence-corrected chi connectivity index (χ1v) is 13.5. The van der Waals surface area contributed by atoms with Gasteiger partial charge in [-0.25, -0.2) is 35.9 Å². The minimum absolute atomic E-state index is 0.0322. The van der Waals surface area contributed by atoms with Crippen molar-refractivity contribution in [1.29, 1.82) is 0 Å². The number of aliphatic hydroxyl groups is 1. The van der Waals surface area contributed by atoms with E-state index in [1.54, 1.807) is 19.1 Å². The van der Waals surface area contributed by atoms with Crippen molar-refractivity contribution in [1.82, 2.24) is 0 Å². The van der Waals surface area contributed by atoms with Crippen molar-refractivity contribution >= 4 is 35.4 Å². The molecule has 0 aliphatic carbocycles. The Bertz CT molecular complexity index is 1720. The molecule has 0 saturated carbocycles. The maximum absolute atomic E-state index is 13.9. The molecule has 3 aromatic carbocycles. The fourth-order valence-corrected chi connectivity index (χ4v) is 3.44. The van der Waals surface area contributed by atoms with Gasteiger partial charge in [0, 0.05) is 18.3 Å². The highest BCUT2D eigenvalue weighted by atomic mass is 19.2. The number of aromatic hydroxyl groups is 1. The monoisotopic (exact) mass is 667 g/mol. The average molecular weight is 668 g/mol. The third kappa shape index (κ3) is 10.2. The molecule has 0 spiro atoms. The summed E-state index contributed by atoms with van der Waals surface area (Å²) < 4.78 is 94.6. The molecule has 3 aromatic rings. The van der Waals surface area contributed by atoms with Crippen LogP contribution in [0.3, 0.4) is 0 Å². The number of phenols is 1. The van der Waals surface area contributed by atoms with Crippen LogP contribution in [0.2, 0.25) is 0 Å². The van der Waals surface area contributed by atoms with Gasteiger partial charge >= 0.3 is 11.9 Å². The quantitative estimate of drug-likeness (QED) is 0.0262. The van der Waals surface area contributed by atoms with Crippen LogP contribution in [0.25, 0.3) is 5.76 Å². The van der Waals surface area contributed by atoms with E-state index in [9.17, 15) is 50.9 Å². The van der Waals surface area contributed by atoms with Crippen LogP contribution < -0.4 is 0 Å². The summed E-state index contributed by atoms with van der Waals surface area (Å²) in [4.78, 5) is 39.6. The standard InChI is InChI=1S/C18H14F3NO4.C14H13F3O4/c1-2-26-18(25)12(9-22-14-5-3-4-6-15(14)23)17(24)11-7-10(19)8-13(20)16(11)21;1-3-20-7-10(14(19)21-4-2)13(18)9-5-8(15)6-11(16)12(9)17/h3-9,23-24H,2H2,1H3;5-7H,3-4H2,1-2H3/b;10-7-. The van der Waals surface area contributed by atoms with Crippen molar-refractivity contribution < 1.29 is 65.1 Å². The Balaban J connectivity index is 0.000000335. The predicted molar refractivity (Wildman–Crippen MR) is 156 cm³/mol. The molecule has 0 heterocycles. The predicted octanol–water partition coefficient (Wildman–Crippen LogP) is 6.81. The van der Waals surface area contributed by atoms with Gasteiger partial charge in [-0.3, -0.25) is 9.79 Å². The summed E-state index contributed by atoms with van der Waals surface area (Å²) >= 11 is 0. The third-order valence-corrected chi connectivity index (χ3v) is 5.56. The van der Waals surface area contributed by atoms with Crippen LogP contribution in [0.4, 0.5) is 32.0 Å². The summed E-state index contributed by atoms with van der Waals surface area (Å²) in [5.41, 5.74) is -3.02. The van der Waals surface area contributed by atoms with E-state index in [-0.39, 0.29) is 31.3 Å². The van der Waals surface area contributed by atoms with Gasteiger partial charge in [-0.15, -0.1) is 0 Å². The lowest BCUT2D eigenvalue weighted by molar-refractivity contribution is -0.139. The molecule has 0 fully saturated rings. The van der Waals surface area contributed by atoms with Crippen molar-refractivity contribution in [2.45, 2.75) is 20.8 Å². The molecule has 0 bridgehead atoms. The molecule has 0 amide bonds. The zero-order valence-corrected chi connectivity index (χ0v) is 25.0. The number of hydrogen-bond donors (Lipinski definition) is 2.